The van der Waals surface area contributed by atoms with E-state index in [1.165, 1.54) is 67.0 Å². The lowest BCUT2D eigenvalue weighted by atomic mass is 9.81. The van der Waals surface area contributed by atoms with E-state index in [9.17, 15) is 0 Å². The molecule has 8 rings (SSSR count). The molecule has 0 aromatic heterocycles. The van der Waals surface area contributed by atoms with Crippen molar-refractivity contribution < 1.29 is 0 Å². The minimum atomic E-state index is -0.135. The Hall–Kier alpha value is -4.88. The van der Waals surface area contributed by atoms with Crippen molar-refractivity contribution in [3.05, 3.63) is 162 Å². The molecule has 0 fully saturated rings. The highest BCUT2D eigenvalue weighted by atomic mass is 15.1. The molecule has 0 radical (unpaired) electrons. The molecule has 6 aromatic rings. The van der Waals surface area contributed by atoms with Crippen LogP contribution in [0.3, 0.4) is 0 Å². The van der Waals surface area contributed by atoms with Crippen molar-refractivity contribution in [3.63, 3.8) is 0 Å². The van der Waals surface area contributed by atoms with E-state index in [4.69, 9.17) is 0 Å². The molecule has 0 amide bonds. The fraction of sp³-hybridized carbons (Fsp3) is 0.143. The Labute approximate surface area is 255 Å². The smallest absolute Gasteiger partial charge is 0.0508 e. The number of fused-ring (bicyclic) bond motifs is 6. The molecule has 0 bridgehead atoms. The molecule has 0 saturated carbocycles. The second-order valence-electron chi connectivity index (χ2n) is 13.0. The van der Waals surface area contributed by atoms with Crippen molar-refractivity contribution in [2.75, 3.05) is 4.90 Å². The maximum Gasteiger partial charge on any atom is 0.0508 e. The lowest BCUT2D eigenvalue weighted by Crippen LogP contribution is -2.21. The predicted octanol–water partition coefficient (Wildman–Crippen LogP) is 11.4. The number of hydrogen-bond donors (Lipinski definition) is 0. The summed E-state index contributed by atoms with van der Waals surface area (Å²) < 4.78 is 0. The van der Waals surface area contributed by atoms with E-state index in [0.717, 1.165) is 5.69 Å². The average Bonchev–Trinajstić information content (AvgIpc) is 3.42. The highest BCUT2D eigenvalue weighted by Crippen LogP contribution is 2.55. The van der Waals surface area contributed by atoms with Crippen LogP contribution in [-0.4, -0.2) is 0 Å². The normalized spacial score (nSPS) is 14.9. The minimum absolute atomic E-state index is 0.0758. The Balaban J connectivity index is 1.38. The van der Waals surface area contributed by atoms with Crippen LogP contribution in [0.1, 0.15) is 49.9 Å². The zero-order chi connectivity index (χ0) is 29.3. The first-order valence-electron chi connectivity index (χ1n) is 15.3. The van der Waals surface area contributed by atoms with Crippen LogP contribution in [0.15, 0.2) is 140 Å². The molecule has 1 nitrogen and oxygen atoms in total. The zero-order valence-electron chi connectivity index (χ0n) is 25.2. The van der Waals surface area contributed by atoms with E-state index in [0.29, 0.717) is 0 Å². The van der Waals surface area contributed by atoms with E-state index >= 15 is 0 Å². The van der Waals surface area contributed by atoms with E-state index in [1.807, 2.05) is 0 Å². The quantitative estimate of drug-likeness (QED) is 0.210. The molecule has 1 heteroatoms. The topological polar surface area (TPSA) is 3.24 Å². The molecule has 0 aliphatic heterocycles. The van der Waals surface area contributed by atoms with Crippen molar-refractivity contribution in [2.45, 2.75) is 38.5 Å². The van der Waals surface area contributed by atoms with Gasteiger partial charge in [-0.2, -0.15) is 0 Å². The van der Waals surface area contributed by atoms with Crippen molar-refractivity contribution in [2.24, 2.45) is 0 Å². The lowest BCUT2D eigenvalue weighted by Gasteiger charge is -2.33. The van der Waals surface area contributed by atoms with E-state index in [1.54, 1.807) is 0 Å². The first kappa shape index (κ1) is 25.8. The molecule has 0 atom stereocenters. The third-order valence-corrected chi connectivity index (χ3v) is 9.84. The Morgan fingerprint density at radius 3 is 1.72 bits per heavy atom. The van der Waals surface area contributed by atoms with Gasteiger partial charge in [0.1, 0.15) is 0 Å². The summed E-state index contributed by atoms with van der Waals surface area (Å²) in [4.78, 5) is 2.50. The monoisotopic (exact) mass is 553 g/mol. The van der Waals surface area contributed by atoms with E-state index < -0.39 is 0 Å². The maximum absolute atomic E-state index is 2.50. The van der Waals surface area contributed by atoms with Gasteiger partial charge < -0.3 is 4.90 Å². The van der Waals surface area contributed by atoms with Gasteiger partial charge in [0.05, 0.1) is 5.69 Å². The fourth-order valence-corrected chi connectivity index (χ4v) is 7.72. The molecule has 6 aromatic carbocycles. The minimum Gasteiger partial charge on any atom is -0.310 e. The number of nitrogens with zero attached hydrogens (tertiary/aromatic N) is 1. The summed E-state index contributed by atoms with van der Waals surface area (Å²) in [6.07, 6.45) is 0. The van der Waals surface area contributed by atoms with E-state index in [2.05, 4.69) is 172 Å². The van der Waals surface area contributed by atoms with Crippen LogP contribution in [0.5, 0.6) is 0 Å². The lowest BCUT2D eigenvalue weighted by molar-refractivity contribution is 0.658. The summed E-state index contributed by atoms with van der Waals surface area (Å²) in [6.45, 7) is 9.48. The van der Waals surface area contributed by atoms with Crippen LogP contribution < -0.4 is 4.90 Å². The Bertz CT molecular complexity index is 2030. The summed E-state index contributed by atoms with van der Waals surface area (Å²) in [5.41, 5.74) is 16.7. The van der Waals surface area contributed by atoms with Gasteiger partial charge >= 0.3 is 0 Å². The Kier molecular flexibility index (Phi) is 5.59. The molecule has 2 aliphatic carbocycles. The number of anilines is 3. The van der Waals surface area contributed by atoms with Gasteiger partial charge in [0, 0.05) is 22.2 Å². The molecule has 208 valence electrons. The van der Waals surface area contributed by atoms with Gasteiger partial charge in [-0.3, -0.25) is 0 Å². The molecule has 43 heavy (non-hydrogen) atoms. The second kappa shape index (κ2) is 9.31. The van der Waals surface area contributed by atoms with Gasteiger partial charge in [-0.15, -0.1) is 0 Å². The molecule has 0 saturated heterocycles. The number of hydrogen-bond acceptors (Lipinski definition) is 1. The SMILES string of the molecule is CC1(C)c2ccccc2-c2ccc(N(c3cccc(-c4ccccc4)c3)c3cccc4c3C(C)(C)c3ccccc3-4)cc21. The Morgan fingerprint density at radius 2 is 0.953 bits per heavy atom. The Morgan fingerprint density at radius 1 is 0.395 bits per heavy atom. The van der Waals surface area contributed by atoms with Crippen molar-refractivity contribution in [1.29, 1.82) is 0 Å². The van der Waals surface area contributed by atoms with Gasteiger partial charge in [0.2, 0.25) is 0 Å². The van der Waals surface area contributed by atoms with Crippen LogP contribution in [0, 0.1) is 0 Å². The first-order chi connectivity index (χ1) is 20.9. The van der Waals surface area contributed by atoms with Gasteiger partial charge in [-0.25, -0.2) is 0 Å². The fourth-order valence-electron chi connectivity index (χ4n) is 7.72. The van der Waals surface area contributed by atoms with Crippen molar-refractivity contribution >= 4 is 17.1 Å². The van der Waals surface area contributed by atoms with Gasteiger partial charge in [0.25, 0.3) is 0 Å². The van der Waals surface area contributed by atoms with Crippen LogP contribution in [-0.2, 0) is 10.8 Å². The summed E-state index contributed by atoms with van der Waals surface area (Å²) in [6, 6.07) is 51.5. The third-order valence-electron chi connectivity index (χ3n) is 9.84. The third kappa shape index (κ3) is 3.78. The molecule has 0 unspecified atom stereocenters. The van der Waals surface area contributed by atoms with Gasteiger partial charge in [-0.05, 0) is 86.0 Å². The summed E-state index contributed by atoms with van der Waals surface area (Å²) in [7, 11) is 0. The van der Waals surface area contributed by atoms with Gasteiger partial charge in [-0.1, -0.05) is 137 Å². The standard InChI is InChI=1S/C42H35N/c1-41(2)36-21-10-8-18-32(36)34-25-24-31(27-38(34)41)43(30-17-12-16-29(26-30)28-14-6-5-7-15-28)39-23-13-20-35-33-19-9-11-22-37(33)42(3,4)40(35)39/h5-27H,1-4H3. The van der Waals surface area contributed by atoms with Crippen molar-refractivity contribution in [1.82, 2.24) is 0 Å². The maximum atomic E-state index is 2.50. The first-order valence-corrected chi connectivity index (χ1v) is 15.3. The predicted molar refractivity (Wildman–Crippen MR) is 182 cm³/mol. The zero-order valence-corrected chi connectivity index (χ0v) is 25.2. The summed E-state index contributed by atoms with van der Waals surface area (Å²) in [5.74, 6) is 0. The molecule has 0 spiro atoms. The largest absolute Gasteiger partial charge is 0.310 e. The highest BCUT2D eigenvalue weighted by molar-refractivity contribution is 5.92. The summed E-state index contributed by atoms with van der Waals surface area (Å²) >= 11 is 0. The molecule has 0 N–H and O–H groups in total. The second-order valence-corrected chi connectivity index (χ2v) is 13.0. The van der Waals surface area contributed by atoms with Crippen LogP contribution in [0.4, 0.5) is 17.1 Å². The van der Waals surface area contributed by atoms with E-state index in [-0.39, 0.29) is 10.8 Å². The highest BCUT2D eigenvalue weighted by Gasteiger charge is 2.40. The van der Waals surface area contributed by atoms with Crippen LogP contribution in [0.2, 0.25) is 0 Å². The summed E-state index contributed by atoms with van der Waals surface area (Å²) in [5, 5.41) is 0. The number of rotatable bonds is 4. The van der Waals surface area contributed by atoms with Crippen LogP contribution in [0.25, 0.3) is 33.4 Å². The molecule has 2 aliphatic rings. The van der Waals surface area contributed by atoms with Crippen LogP contribution >= 0.6 is 0 Å². The molecular weight excluding hydrogens is 518 g/mol. The van der Waals surface area contributed by atoms with Gasteiger partial charge in [0.15, 0.2) is 0 Å². The average molecular weight is 554 g/mol. The molecular formula is C42H35N. The molecule has 0 heterocycles. The van der Waals surface area contributed by atoms with Crippen molar-refractivity contribution in [3.8, 4) is 33.4 Å². The number of benzene rings is 6.